The first-order chi connectivity index (χ1) is 13.7. The molecule has 0 spiro atoms. The van der Waals surface area contributed by atoms with E-state index in [0.29, 0.717) is 47.8 Å². The molecular weight excluding hydrogens is 380 g/mol. The number of halogens is 1. The normalized spacial score (nSPS) is 12.3. The predicted molar refractivity (Wildman–Crippen MR) is 105 cm³/mol. The number of carbonyl (C=O) groups excluding carboxylic acids is 1. The van der Waals surface area contributed by atoms with Crippen molar-refractivity contribution in [2.75, 3.05) is 18.5 Å². The van der Waals surface area contributed by atoms with E-state index in [9.17, 15) is 4.79 Å². The number of amides is 1. The van der Waals surface area contributed by atoms with Crippen LogP contribution in [0.3, 0.4) is 0 Å². The molecule has 0 bridgehead atoms. The number of rotatable bonds is 5. The summed E-state index contributed by atoms with van der Waals surface area (Å²) in [5.74, 6) is 1.52. The van der Waals surface area contributed by atoms with Crippen molar-refractivity contribution >= 4 is 29.1 Å². The Bertz CT molecular complexity index is 978. The van der Waals surface area contributed by atoms with Crippen molar-refractivity contribution in [3.8, 4) is 11.5 Å². The summed E-state index contributed by atoms with van der Waals surface area (Å²) in [5, 5.41) is 6.56. The standard InChI is InChI=1S/C20H17ClN4O3/c21-15-3-1-13(2-4-15)10-22-19(26)14-11-23-20(24-12-14)25-16-5-6-17-18(9-16)28-8-7-27-17/h1-6,9,11-12H,7-8,10H2,(H,22,26)(H,23,24,25). The number of nitrogens with zero attached hydrogens (tertiary/aromatic N) is 2. The van der Waals surface area contributed by atoms with E-state index in [0.717, 1.165) is 11.3 Å². The molecule has 0 saturated carbocycles. The molecule has 8 heteroatoms. The lowest BCUT2D eigenvalue weighted by Gasteiger charge is -2.18. The molecule has 0 aliphatic carbocycles. The largest absolute Gasteiger partial charge is 0.486 e. The molecule has 0 atom stereocenters. The summed E-state index contributed by atoms with van der Waals surface area (Å²) >= 11 is 5.86. The molecule has 0 fully saturated rings. The Morgan fingerprint density at radius 1 is 1.00 bits per heavy atom. The smallest absolute Gasteiger partial charge is 0.254 e. The van der Waals surface area contributed by atoms with Crippen molar-refractivity contribution in [3.63, 3.8) is 0 Å². The highest BCUT2D eigenvalue weighted by Gasteiger charge is 2.12. The number of hydrogen-bond donors (Lipinski definition) is 2. The van der Waals surface area contributed by atoms with Crippen molar-refractivity contribution in [3.05, 3.63) is 71.0 Å². The Morgan fingerprint density at radius 3 is 2.46 bits per heavy atom. The van der Waals surface area contributed by atoms with E-state index >= 15 is 0 Å². The summed E-state index contributed by atoms with van der Waals surface area (Å²) in [4.78, 5) is 20.6. The third-order valence-corrected chi connectivity index (χ3v) is 4.33. The van der Waals surface area contributed by atoms with Gasteiger partial charge in [0.25, 0.3) is 5.91 Å². The number of nitrogens with one attached hydrogen (secondary N) is 2. The first-order valence-electron chi connectivity index (χ1n) is 8.69. The molecule has 0 saturated heterocycles. The highest BCUT2D eigenvalue weighted by Crippen LogP contribution is 2.33. The second-order valence-electron chi connectivity index (χ2n) is 6.09. The molecule has 0 unspecified atom stereocenters. The number of ether oxygens (including phenoxy) is 2. The maximum atomic E-state index is 12.2. The van der Waals surface area contributed by atoms with Crippen LogP contribution >= 0.6 is 11.6 Å². The second-order valence-corrected chi connectivity index (χ2v) is 6.52. The Balaban J connectivity index is 1.36. The molecule has 2 N–H and O–H groups in total. The minimum Gasteiger partial charge on any atom is -0.486 e. The average Bonchev–Trinajstić information content (AvgIpc) is 2.73. The van der Waals surface area contributed by atoms with Crippen LogP contribution in [0.1, 0.15) is 15.9 Å². The Labute approximate surface area is 166 Å². The van der Waals surface area contributed by atoms with Gasteiger partial charge in [0.1, 0.15) is 13.2 Å². The fraction of sp³-hybridized carbons (Fsp3) is 0.150. The summed E-state index contributed by atoms with van der Waals surface area (Å²) in [5.41, 5.74) is 2.10. The number of carbonyl (C=O) groups is 1. The van der Waals surface area contributed by atoms with Crippen LogP contribution in [0.5, 0.6) is 11.5 Å². The van der Waals surface area contributed by atoms with E-state index in [1.807, 2.05) is 30.3 Å². The van der Waals surface area contributed by atoms with Gasteiger partial charge in [-0.15, -0.1) is 0 Å². The second kappa shape index (κ2) is 8.14. The zero-order valence-corrected chi connectivity index (χ0v) is 15.6. The Hall–Kier alpha value is -3.32. The minimum absolute atomic E-state index is 0.249. The average molecular weight is 397 g/mol. The monoisotopic (exact) mass is 396 g/mol. The summed E-state index contributed by atoms with van der Waals surface area (Å²) in [6.07, 6.45) is 2.95. The lowest BCUT2D eigenvalue weighted by Crippen LogP contribution is -2.23. The van der Waals surface area contributed by atoms with Gasteiger partial charge in [-0.25, -0.2) is 9.97 Å². The van der Waals surface area contributed by atoms with E-state index in [1.54, 1.807) is 12.1 Å². The van der Waals surface area contributed by atoms with Gasteiger partial charge in [0.15, 0.2) is 11.5 Å². The molecule has 2 heterocycles. The molecule has 1 aliphatic heterocycles. The van der Waals surface area contributed by atoms with E-state index in [4.69, 9.17) is 21.1 Å². The van der Waals surface area contributed by atoms with Gasteiger partial charge in [-0.1, -0.05) is 23.7 Å². The molecule has 1 aromatic heterocycles. The van der Waals surface area contributed by atoms with Crippen molar-refractivity contribution in [1.29, 1.82) is 0 Å². The third kappa shape index (κ3) is 4.32. The summed E-state index contributed by atoms with van der Waals surface area (Å²) in [6, 6.07) is 12.8. The molecule has 2 aromatic carbocycles. The summed E-state index contributed by atoms with van der Waals surface area (Å²) in [6.45, 7) is 1.46. The van der Waals surface area contributed by atoms with Gasteiger partial charge in [-0.3, -0.25) is 4.79 Å². The molecule has 0 radical (unpaired) electrons. The number of anilines is 2. The molecule has 4 rings (SSSR count). The number of fused-ring (bicyclic) bond motifs is 1. The topological polar surface area (TPSA) is 85.4 Å². The van der Waals surface area contributed by atoms with Crippen LogP contribution in [0.4, 0.5) is 11.6 Å². The molecule has 1 aliphatic rings. The highest BCUT2D eigenvalue weighted by molar-refractivity contribution is 6.30. The fourth-order valence-electron chi connectivity index (χ4n) is 2.65. The fourth-order valence-corrected chi connectivity index (χ4v) is 2.77. The molecular formula is C20H17ClN4O3. The van der Waals surface area contributed by atoms with Gasteiger partial charge in [-0.2, -0.15) is 0 Å². The molecule has 7 nitrogen and oxygen atoms in total. The zero-order valence-electron chi connectivity index (χ0n) is 14.8. The van der Waals surface area contributed by atoms with Gasteiger partial charge < -0.3 is 20.1 Å². The number of benzene rings is 2. The van der Waals surface area contributed by atoms with Gasteiger partial charge in [0.05, 0.1) is 5.56 Å². The van der Waals surface area contributed by atoms with Crippen molar-refractivity contribution in [1.82, 2.24) is 15.3 Å². The van der Waals surface area contributed by atoms with Crippen LogP contribution in [0.25, 0.3) is 0 Å². The first kappa shape index (κ1) is 18.1. The zero-order chi connectivity index (χ0) is 19.3. The van der Waals surface area contributed by atoms with E-state index in [2.05, 4.69) is 20.6 Å². The van der Waals surface area contributed by atoms with Crippen LogP contribution in [0.2, 0.25) is 5.02 Å². The molecule has 142 valence electrons. The van der Waals surface area contributed by atoms with Gasteiger partial charge in [0.2, 0.25) is 5.95 Å². The van der Waals surface area contributed by atoms with E-state index < -0.39 is 0 Å². The summed E-state index contributed by atoms with van der Waals surface area (Å²) in [7, 11) is 0. The van der Waals surface area contributed by atoms with Gasteiger partial charge in [0, 0.05) is 35.7 Å². The molecule has 1 amide bonds. The van der Waals surface area contributed by atoms with Crippen LogP contribution in [0, 0.1) is 0 Å². The first-order valence-corrected chi connectivity index (χ1v) is 9.06. The maximum Gasteiger partial charge on any atom is 0.254 e. The van der Waals surface area contributed by atoms with Gasteiger partial charge in [-0.05, 0) is 29.8 Å². The number of hydrogen-bond acceptors (Lipinski definition) is 6. The van der Waals surface area contributed by atoms with Crippen molar-refractivity contribution in [2.45, 2.75) is 6.54 Å². The Morgan fingerprint density at radius 2 is 1.71 bits per heavy atom. The third-order valence-electron chi connectivity index (χ3n) is 4.08. The summed E-state index contributed by atoms with van der Waals surface area (Å²) < 4.78 is 11.1. The van der Waals surface area contributed by atoms with Crippen LogP contribution in [-0.4, -0.2) is 29.1 Å². The van der Waals surface area contributed by atoms with Crippen molar-refractivity contribution < 1.29 is 14.3 Å². The Kier molecular flexibility index (Phi) is 5.25. The lowest BCUT2D eigenvalue weighted by atomic mass is 10.2. The van der Waals surface area contributed by atoms with Crippen LogP contribution in [-0.2, 0) is 6.54 Å². The van der Waals surface area contributed by atoms with E-state index in [1.165, 1.54) is 12.4 Å². The van der Waals surface area contributed by atoms with E-state index in [-0.39, 0.29) is 5.91 Å². The van der Waals surface area contributed by atoms with Crippen LogP contribution < -0.4 is 20.1 Å². The maximum absolute atomic E-state index is 12.2. The highest BCUT2D eigenvalue weighted by atomic mass is 35.5. The predicted octanol–water partition coefficient (Wildman–Crippen LogP) is 3.57. The molecule has 3 aromatic rings. The van der Waals surface area contributed by atoms with Crippen LogP contribution in [0.15, 0.2) is 54.9 Å². The number of aromatic nitrogens is 2. The quantitative estimate of drug-likeness (QED) is 0.685. The van der Waals surface area contributed by atoms with Gasteiger partial charge >= 0.3 is 0 Å². The lowest BCUT2D eigenvalue weighted by molar-refractivity contribution is 0.0950. The minimum atomic E-state index is -0.249. The molecule has 28 heavy (non-hydrogen) atoms. The SMILES string of the molecule is O=C(NCc1ccc(Cl)cc1)c1cnc(Nc2ccc3c(c2)OCCO3)nc1. The van der Waals surface area contributed by atoms with Crippen molar-refractivity contribution in [2.24, 2.45) is 0 Å².